The predicted molar refractivity (Wildman–Crippen MR) is 544 cm³/mol. The fourth-order valence-electron chi connectivity index (χ4n) is 18.0. The summed E-state index contributed by atoms with van der Waals surface area (Å²) in [6, 6.07) is 30.4. The summed E-state index contributed by atoms with van der Waals surface area (Å²) in [5.41, 5.74) is 39.5. The molecule has 0 atom stereocenters. The largest absolute Gasteiger partial charge is 0.489 e. The lowest BCUT2D eigenvalue weighted by Gasteiger charge is -2.43. The average Bonchev–Trinajstić information content (AvgIpc) is 1.70. The number of rotatable bonds is 29. The molecule has 45 heteroatoms. The lowest BCUT2D eigenvalue weighted by atomic mass is 10.1. The minimum absolute atomic E-state index is 0.0147. The summed E-state index contributed by atoms with van der Waals surface area (Å²) in [4.78, 5) is 90.3. The number of fused-ring (bicyclic) bond motifs is 4. The average molecular weight is 1940 g/mol. The summed E-state index contributed by atoms with van der Waals surface area (Å²) in [7, 11) is 0. The van der Waals surface area contributed by atoms with E-state index in [-0.39, 0.29) is 45.6 Å². The van der Waals surface area contributed by atoms with E-state index in [1.807, 2.05) is 117 Å². The van der Waals surface area contributed by atoms with E-state index < -0.39 is 0 Å². The molecule has 23 rings (SSSR count). The van der Waals surface area contributed by atoms with Crippen LogP contribution in [0.3, 0.4) is 0 Å². The van der Waals surface area contributed by atoms with E-state index in [0.29, 0.717) is 144 Å². The number of nitrogens with two attached hydrogens (primary N) is 4. The van der Waals surface area contributed by atoms with Crippen molar-refractivity contribution in [2.45, 2.75) is 25.0 Å². The van der Waals surface area contributed by atoms with Gasteiger partial charge in [-0.05, 0) is 79.7 Å². The zero-order valence-corrected chi connectivity index (χ0v) is 79.0. The van der Waals surface area contributed by atoms with E-state index in [1.165, 1.54) is 24.3 Å². The number of nitrogens with zero attached hydrogens (tertiary/aromatic N) is 28. The Hall–Kier alpha value is -15.6. The molecule has 0 bridgehead atoms. The van der Waals surface area contributed by atoms with E-state index in [0.717, 1.165) is 196 Å². The molecular weight excluding hydrogens is 1830 g/mol. The number of aromatic nitrogens is 20. The van der Waals surface area contributed by atoms with Crippen LogP contribution in [-0.4, -0.2) is 346 Å². The second kappa shape index (κ2) is 44.1. The maximum atomic E-state index is 9.42. The molecule has 7 saturated heterocycles. The lowest BCUT2D eigenvalue weighted by Crippen LogP contribution is -2.56. The smallest absolute Gasteiger partial charge is 0.180 e. The number of anilines is 16. The van der Waals surface area contributed by atoms with Gasteiger partial charge in [0.25, 0.3) is 0 Å². The number of aliphatic hydroxyl groups excluding tert-OH is 4. The van der Waals surface area contributed by atoms with Gasteiger partial charge in [0, 0.05) is 251 Å². The van der Waals surface area contributed by atoms with Crippen LogP contribution in [0.5, 0.6) is 11.5 Å². The van der Waals surface area contributed by atoms with Crippen molar-refractivity contribution in [1.82, 2.24) is 117 Å². The van der Waals surface area contributed by atoms with Gasteiger partial charge in [-0.2, -0.15) is 0 Å². The fourth-order valence-corrected chi connectivity index (χ4v) is 18.0. The highest BCUT2D eigenvalue weighted by Crippen LogP contribution is 2.39. The van der Waals surface area contributed by atoms with Crippen LogP contribution in [0.2, 0.25) is 0 Å². The number of nitrogen functional groups attached to an aromatic ring is 4. The first-order valence-corrected chi connectivity index (χ1v) is 47.7. The van der Waals surface area contributed by atoms with E-state index in [1.54, 1.807) is 49.6 Å². The van der Waals surface area contributed by atoms with Crippen LogP contribution in [0, 0.1) is 12.8 Å². The van der Waals surface area contributed by atoms with Crippen LogP contribution in [-0.2, 0) is 14.2 Å². The Morgan fingerprint density at radius 3 is 0.993 bits per heavy atom. The second-order valence-corrected chi connectivity index (χ2v) is 35.5. The van der Waals surface area contributed by atoms with Gasteiger partial charge in [0.15, 0.2) is 45.9 Å². The Morgan fingerprint density at radius 2 is 0.678 bits per heavy atom. The van der Waals surface area contributed by atoms with Crippen LogP contribution < -0.4 is 73.3 Å². The number of benzene rings is 4. The normalized spacial score (nSPS) is 16.3. The van der Waals surface area contributed by atoms with Crippen LogP contribution in [0.4, 0.5) is 92.0 Å². The van der Waals surface area contributed by atoms with Gasteiger partial charge < -0.3 is 126 Å². The zero-order chi connectivity index (χ0) is 97.7. The van der Waals surface area contributed by atoms with Gasteiger partial charge in [0.2, 0.25) is 0 Å². The van der Waals surface area contributed by atoms with E-state index in [2.05, 4.69) is 163 Å². The van der Waals surface area contributed by atoms with Gasteiger partial charge in [-0.15, -0.1) is 0 Å². The zero-order valence-electron chi connectivity index (χ0n) is 79.0. The molecule has 12 aromatic heterocycles. The quantitative estimate of drug-likeness (QED) is 0.0242. The van der Waals surface area contributed by atoms with E-state index in [9.17, 15) is 20.4 Å². The molecule has 7 aliphatic rings. The van der Waals surface area contributed by atoms with Crippen LogP contribution in [0.25, 0.3) is 68.1 Å². The van der Waals surface area contributed by atoms with Crippen molar-refractivity contribution < 1.29 is 44.1 Å². The van der Waals surface area contributed by atoms with Gasteiger partial charge in [-0.3, -0.25) is 39.5 Å². The number of ether oxygens (including phenoxy) is 5. The summed E-state index contributed by atoms with van der Waals surface area (Å²) in [6.45, 7) is 23.3. The van der Waals surface area contributed by atoms with Crippen LogP contribution >= 0.6 is 0 Å². The molecule has 740 valence electrons. The summed E-state index contributed by atoms with van der Waals surface area (Å²) >= 11 is 0. The number of aryl methyl sites for hydroxylation is 1. The lowest BCUT2D eigenvalue weighted by molar-refractivity contribution is -0.0661. The second-order valence-electron chi connectivity index (χ2n) is 35.5. The molecule has 45 nitrogen and oxygen atoms in total. The molecule has 7 aliphatic heterocycles. The van der Waals surface area contributed by atoms with Crippen molar-refractivity contribution in [3.8, 4) is 57.1 Å². The van der Waals surface area contributed by atoms with Gasteiger partial charge in [0.1, 0.15) is 93.5 Å². The van der Waals surface area contributed by atoms with Crippen LogP contribution in [0.15, 0.2) is 203 Å². The molecule has 0 radical (unpaired) electrons. The SMILES string of the molecule is Cc1ncc(-c2cn3ccnc3c(Nc3ccc(N4CCN(C5COC5)CC4)c(OCCO)c3)n2)nc1N.Nc1cncc(-c2cn3ccnc3c(Nc3ccc(N4CCN(C5COC5)CC4)c(OCCO)c3)n2)n1.Nc1cncc(-c2cn3ccnc3c(Nc3ccc(N4CCN(C5COC5)CC4)cc3)n2)n1.Nc1cncc(-c2cn3ccnc3c(Nc3ccc(N4CCN(CC(CO)CO)CC4)cc3)n2)n1. The molecule has 16 N–H and O–H groups in total. The number of nitrogens with one attached hydrogen (secondary N) is 4. The van der Waals surface area contributed by atoms with Crippen molar-refractivity contribution in [3.05, 3.63) is 208 Å². The monoisotopic (exact) mass is 1940 g/mol. The summed E-state index contributed by atoms with van der Waals surface area (Å²) in [5.74, 6) is 5.09. The van der Waals surface area contributed by atoms with Gasteiger partial charge in [-0.1, -0.05) is 0 Å². The third kappa shape index (κ3) is 22.4. The number of hydrogen-bond acceptors (Lipinski definition) is 41. The molecule has 0 unspecified atom stereocenters. The van der Waals surface area contributed by atoms with E-state index >= 15 is 0 Å². The Morgan fingerprint density at radius 1 is 0.357 bits per heavy atom. The summed E-state index contributed by atoms with van der Waals surface area (Å²) < 4.78 is 35.6. The van der Waals surface area contributed by atoms with Crippen molar-refractivity contribution in [2.24, 2.45) is 5.92 Å². The first kappa shape index (κ1) is 95.0. The predicted octanol–water partition coefficient (Wildman–Crippen LogP) is 6.38. The van der Waals surface area contributed by atoms with Crippen molar-refractivity contribution >= 4 is 115 Å². The molecule has 16 aromatic rings. The standard InChI is InChI=1S/C26H31N9O3.C25H29N9O3.C24H29N9O2.C23H25N9O/c1-17-24(27)31-20(13-29-17)21-14-35-5-4-28-26(35)25(32-21)30-18-2-3-22(23(12-18)38-11-10-36)34-8-6-33(7-9-34)19-15-37-16-19;26-23-13-27-12-19(30-23)20-14-34-4-3-28-25(34)24(31-20)29-17-1-2-21(22(11-17)37-10-9-35)33-7-5-32(6-8-33)18-15-36-16-18;25-22-12-26-11-20(29-22)21-14-33-6-5-27-24(33)23(30-21)28-18-1-3-19(4-2-18)32-9-7-31(8-10-32)13-17(15-34)16-35;24-21-12-25-11-19(28-21)20-13-32-6-5-26-23(32)22(29-20)27-16-1-3-17(4-2-16)30-7-9-31(10-8-30)18-14-33-15-18/h2-5,12-14,19,36H,6-11,15-16H2,1H3,(H2,27,31)(H,30,32);1-4,11-14,18,35H,5-10,15-16H2,(H2,26,30)(H,29,31);1-6,11-12,14,17,34-35H,7-10,13,15-16H2,(H2,25,29)(H,28,30);1-6,11-13,18H,7-10,14-15H2,(H2,24,28)(H,27,29). The Bertz CT molecular complexity index is 6990. The topological polar surface area (TPSA) is 529 Å². The highest BCUT2D eigenvalue weighted by Gasteiger charge is 2.34. The highest BCUT2D eigenvalue weighted by atomic mass is 16.5. The summed E-state index contributed by atoms with van der Waals surface area (Å²) in [5, 5.41) is 51.0. The molecule has 0 aliphatic carbocycles. The minimum Gasteiger partial charge on any atom is -0.489 e. The number of piperazine rings is 4. The Balaban J connectivity index is 0.000000117. The maximum absolute atomic E-state index is 9.42. The molecular formula is C98H114N36O9. The summed E-state index contributed by atoms with van der Waals surface area (Å²) in [6.07, 6.45) is 32.8. The Kier molecular flexibility index (Phi) is 29.3. The molecule has 4 aromatic carbocycles. The van der Waals surface area contributed by atoms with Gasteiger partial charge >= 0.3 is 0 Å². The number of aliphatic hydroxyl groups is 4. The number of hydrogen-bond donors (Lipinski definition) is 12. The third-order valence-electron chi connectivity index (χ3n) is 26.1. The first-order valence-electron chi connectivity index (χ1n) is 47.7. The molecule has 19 heterocycles. The third-order valence-corrected chi connectivity index (χ3v) is 26.1. The van der Waals surface area contributed by atoms with Gasteiger partial charge in [-0.25, -0.2) is 59.8 Å². The van der Waals surface area contributed by atoms with Crippen molar-refractivity contribution in [3.63, 3.8) is 0 Å². The molecule has 0 saturated carbocycles. The maximum Gasteiger partial charge on any atom is 0.180 e. The molecule has 0 spiro atoms. The molecule has 0 amide bonds. The highest BCUT2D eigenvalue weighted by molar-refractivity contribution is 5.80. The minimum atomic E-state index is -0.0770. The molecule has 7 fully saturated rings. The van der Waals surface area contributed by atoms with E-state index in [4.69, 9.17) is 66.6 Å². The van der Waals surface area contributed by atoms with Gasteiger partial charge in [0.05, 0.1) is 131 Å². The van der Waals surface area contributed by atoms with Crippen LogP contribution in [0.1, 0.15) is 5.69 Å². The van der Waals surface area contributed by atoms with Crippen molar-refractivity contribution in [1.29, 1.82) is 0 Å². The number of imidazole rings is 4. The Labute approximate surface area is 822 Å². The fraction of sp³-hybridized carbons (Fsp3) is 0.347. The first-order chi connectivity index (χ1) is 70.1. The molecule has 143 heavy (non-hydrogen) atoms. The van der Waals surface area contributed by atoms with Crippen molar-refractivity contribution in [2.75, 3.05) is 254 Å².